The molecule has 0 spiro atoms. The van der Waals surface area contributed by atoms with E-state index in [2.05, 4.69) is 0 Å². The smallest absolute Gasteiger partial charge is 0.300 e. The summed E-state index contributed by atoms with van der Waals surface area (Å²) in [5.41, 5.74) is -0.600. The Bertz CT molecular complexity index is 1350. The van der Waals surface area contributed by atoms with E-state index >= 15 is 0 Å². The minimum atomic E-state index is -1.37. The average Bonchev–Trinajstić information content (AvgIpc) is 3.11. The summed E-state index contributed by atoms with van der Waals surface area (Å²) in [6.07, 6.45) is 0. The second kappa shape index (κ2) is 10.2. The van der Waals surface area contributed by atoms with Crippen LogP contribution >= 0.6 is 0 Å². The lowest BCUT2D eigenvalue weighted by molar-refractivity contribution is -0.132. The Balaban J connectivity index is 1.97. The number of benzene rings is 3. The molecule has 1 unspecified atom stereocenters. The van der Waals surface area contributed by atoms with Crippen LogP contribution in [-0.4, -0.2) is 30.0 Å². The van der Waals surface area contributed by atoms with Gasteiger partial charge in [0, 0.05) is 12.1 Å². The molecule has 0 saturated carbocycles. The Kier molecular flexibility index (Phi) is 7.00. The third-order valence-electron chi connectivity index (χ3n) is 5.62. The molecular formula is C27H22F3NO5. The third kappa shape index (κ3) is 4.51. The van der Waals surface area contributed by atoms with Crippen LogP contribution in [0.4, 0.5) is 18.9 Å². The average molecular weight is 497 g/mol. The number of anilines is 1. The lowest BCUT2D eigenvalue weighted by Crippen LogP contribution is -2.30. The van der Waals surface area contributed by atoms with Crippen molar-refractivity contribution in [1.82, 2.24) is 0 Å². The number of nitrogens with zero attached hydrogens (tertiary/aromatic N) is 1. The number of rotatable bonds is 7. The number of ether oxygens (including phenoxy) is 2. The highest BCUT2D eigenvalue weighted by molar-refractivity contribution is 6.51. The van der Waals surface area contributed by atoms with Crippen LogP contribution in [0.25, 0.3) is 5.76 Å². The van der Waals surface area contributed by atoms with Gasteiger partial charge < -0.3 is 14.6 Å². The fourth-order valence-corrected chi connectivity index (χ4v) is 4.09. The molecular weight excluding hydrogens is 475 g/mol. The molecule has 1 heterocycles. The summed E-state index contributed by atoms with van der Waals surface area (Å²) in [7, 11) is 0. The second-order valence-electron chi connectivity index (χ2n) is 7.84. The van der Waals surface area contributed by atoms with E-state index in [1.807, 2.05) is 0 Å². The Labute approximate surface area is 205 Å². The molecule has 4 rings (SSSR count). The minimum absolute atomic E-state index is 0.0881. The van der Waals surface area contributed by atoms with Gasteiger partial charge in [0.25, 0.3) is 11.7 Å². The van der Waals surface area contributed by atoms with Crippen molar-refractivity contribution >= 4 is 23.1 Å². The van der Waals surface area contributed by atoms with Crippen molar-refractivity contribution in [3.63, 3.8) is 0 Å². The summed E-state index contributed by atoms with van der Waals surface area (Å²) in [5.74, 6) is -4.64. The number of hydrogen-bond acceptors (Lipinski definition) is 5. The molecule has 1 atom stereocenters. The first kappa shape index (κ1) is 24.8. The van der Waals surface area contributed by atoms with Crippen LogP contribution in [0.3, 0.4) is 0 Å². The topological polar surface area (TPSA) is 76.1 Å². The first-order chi connectivity index (χ1) is 17.3. The second-order valence-corrected chi connectivity index (χ2v) is 7.84. The van der Waals surface area contributed by atoms with Crippen molar-refractivity contribution in [3.05, 3.63) is 94.8 Å². The van der Waals surface area contributed by atoms with Crippen LogP contribution in [0.1, 0.15) is 31.0 Å². The number of carbonyl (C=O) groups excluding carboxylic acids is 2. The number of ketones is 1. The molecule has 186 valence electrons. The fraction of sp³-hybridized carbons (Fsp3) is 0.185. The van der Waals surface area contributed by atoms with Crippen molar-refractivity contribution in [2.45, 2.75) is 19.9 Å². The molecule has 1 amide bonds. The van der Waals surface area contributed by atoms with E-state index in [1.54, 1.807) is 19.9 Å². The van der Waals surface area contributed by atoms with Gasteiger partial charge in [0.2, 0.25) is 0 Å². The van der Waals surface area contributed by atoms with E-state index in [9.17, 15) is 27.9 Å². The quantitative estimate of drug-likeness (QED) is 0.264. The van der Waals surface area contributed by atoms with Gasteiger partial charge in [-0.2, -0.15) is 0 Å². The fourth-order valence-electron chi connectivity index (χ4n) is 4.09. The largest absolute Gasteiger partial charge is 0.507 e. The molecule has 36 heavy (non-hydrogen) atoms. The summed E-state index contributed by atoms with van der Waals surface area (Å²) in [6.45, 7) is 4.12. The zero-order chi connectivity index (χ0) is 26.0. The molecule has 0 aromatic heterocycles. The summed E-state index contributed by atoms with van der Waals surface area (Å²) in [6, 6.07) is 10.4. The molecule has 9 heteroatoms. The lowest BCUT2D eigenvalue weighted by atomic mass is 9.94. The number of Topliss-reactive ketones (excluding diaryl/α,β-unsaturated/α-hetero) is 1. The molecule has 1 aliphatic heterocycles. The molecule has 6 nitrogen and oxygen atoms in total. The highest BCUT2D eigenvalue weighted by Crippen LogP contribution is 2.44. The van der Waals surface area contributed by atoms with Crippen LogP contribution in [0.15, 0.2) is 66.2 Å². The number of aliphatic hydroxyl groups is 1. The van der Waals surface area contributed by atoms with Gasteiger partial charge in [0.05, 0.1) is 36.1 Å². The number of aliphatic hydroxyl groups excluding tert-OH is 1. The number of hydrogen-bond donors (Lipinski definition) is 1. The van der Waals surface area contributed by atoms with Gasteiger partial charge in [-0.15, -0.1) is 0 Å². The van der Waals surface area contributed by atoms with Gasteiger partial charge in [-0.3, -0.25) is 14.5 Å². The third-order valence-corrected chi connectivity index (χ3v) is 5.62. The van der Waals surface area contributed by atoms with Gasteiger partial charge in [-0.1, -0.05) is 12.1 Å². The first-order valence-corrected chi connectivity index (χ1v) is 11.2. The zero-order valence-corrected chi connectivity index (χ0v) is 19.4. The number of carbonyl (C=O) groups is 2. The molecule has 1 N–H and O–H groups in total. The Morgan fingerprint density at radius 1 is 0.889 bits per heavy atom. The van der Waals surface area contributed by atoms with Gasteiger partial charge in [-0.05, 0) is 55.8 Å². The van der Waals surface area contributed by atoms with Crippen LogP contribution in [-0.2, 0) is 9.59 Å². The molecule has 1 fully saturated rings. The van der Waals surface area contributed by atoms with E-state index < -0.39 is 46.6 Å². The van der Waals surface area contributed by atoms with Crippen molar-refractivity contribution in [1.29, 1.82) is 0 Å². The first-order valence-electron chi connectivity index (χ1n) is 11.2. The molecule has 0 radical (unpaired) electrons. The predicted molar refractivity (Wildman–Crippen MR) is 126 cm³/mol. The highest BCUT2D eigenvalue weighted by atomic mass is 19.1. The van der Waals surface area contributed by atoms with Gasteiger partial charge in [-0.25, -0.2) is 13.2 Å². The summed E-state index contributed by atoms with van der Waals surface area (Å²) in [5, 5.41) is 11.3. The van der Waals surface area contributed by atoms with Gasteiger partial charge >= 0.3 is 0 Å². The molecule has 3 aromatic rings. The van der Waals surface area contributed by atoms with Crippen molar-refractivity contribution in [2.24, 2.45) is 0 Å². The SMILES string of the molecule is CCOc1ccc(/C(O)=C2/C(=O)C(=O)N(c3cc(F)ccc3F)C2c2ccc(F)cc2)c(OCC)c1. The molecule has 0 bridgehead atoms. The summed E-state index contributed by atoms with van der Waals surface area (Å²) >= 11 is 0. The zero-order valence-electron chi connectivity index (χ0n) is 19.4. The normalized spacial score (nSPS) is 16.9. The van der Waals surface area contributed by atoms with Crippen LogP contribution < -0.4 is 14.4 Å². The highest BCUT2D eigenvalue weighted by Gasteiger charge is 2.48. The van der Waals surface area contributed by atoms with Crippen LogP contribution in [0.5, 0.6) is 11.5 Å². The standard InChI is InChI=1S/C27H22F3NO5/c1-3-35-18-10-11-19(22(14-18)36-4-2)25(32)23-24(15-5-7-16(28)8-6-15)31(27(34)26(23)33)21-13-17(29)9-12-20(21)30/h5-14,24,32H,3-4H2,1-2H3/b25-23-. The van der Waals surface area contributed by atoms with E-state index in [-0.39, 0.29) is 29.1 Å². The van der Waals surface area contributed by atoms with E-state index in [0.717, 1.165) is 35.2 Å². The summed E-state index contributed by atoms with van der Waals surface area (Å²) in [4.78, 5) is 27.1. The monoisotopic (exact) mass is 497 g/mol. The van der Waals surface area contributed by atoms with Crippen LogP contribution in [0.2, 0.25) is 0 Å². The van der Waals surface area contributed by atoms with Crippen molar-refractivity contribution in [3.8, 4) is 11.5 Å². The Morgan fingerprint density at radius 3 is 2.22 bits per heavy atom. The van der Waals surface area contributed by atoms with Crippen molar-refractivity contribution < 1.29 is 37.3 Å². The van der Waals surface area contributed by atoms with E-state index in [1.165, 1.54) is 24.3 Å². The maximum atomic E-state index is 14.8. The molecule has 1 aliphatic rings. The van der Waals surface area contributed by atoms with Gasteiger partial charge in [0.1, 0.15) is 34.7 Å². The maximum absolute atomic E-state index is 14.8. The number of amides is 1. The molecule has 1 saturated heterocycles. The molecule has 0 aliphatic carbocycles. The minimum Gasteiger partial charge on any atom is -0.507 e. The van der Waals surface area contributed by atoms with Gasteiger partial charge in [0.15, 0.2) is 0 Å². The van der Waals surface area contributed by atoms with E-state index in [4.69, 9.17) is 9.47 Å². The molecule has 3 aromatic carbocycles. The van der Waals surface area contributed by atoms with E-state index in [0.29, 0.717) is 12.4 Å². The number of halogens is 3. The van der Waals surface area contributed by atoms with Crippen LogP contribution in [0, 0.1) is 17.5 Å². The lowest BCUT2D eigenvalue weighted by Gasteiger charge is -2.26. The maximum Gasteiger partial charge on any atom is 0.300 e. The Morgan fingerprint density at radius 2 is 1.56 bits per heavy atom. The van der Waals surface area contributed by atoms with Crippen molar-refractivity contribution in [2.75, 3.05) is 18.1 Å². The summed E-state index contributed by atoms with van der Waals surface area (Å²) < 4.78 is 53.6. The Hall–Kier alpha value is -4.27. The predicted octanol–water partition coefficient (Wildman–Crippen LogP) is 5.53.